The lowest BCUT2D eigenvalue weighted by Gasteiger charge is -2.29. The van der Waals surface area contributed by atoms with Gasteiger partial charge >= 0.3 is 0 Å². The molecular weight excluding hydrogens is 292 g/mol. The molecule has 1 N–H and O–H groups in total. The lowest BCUT2D eigenvalue weighted by molar-refractivity contribution is 0.432. The summed E-state index contributed by atoms with van der Waals surface area (Å²) in [4.78, 5) is 15.3. The Balaban J connectivity index is 1.70. The van der Waals surface area contributed by atoms with E-state index in [-0.39, 0.29) is 0 Å². The first-order valence-corrected chi connectivity index (χ1v) is 7.57. The summed E-state index contributed by atoms with van der Waals surface area (Å²) in [5.74, 6) is 1.89. The van der Waals surface area contributed by atoms with E-state index in [4.69, 9.17) is 4.52 Å². The molecule has 0 aromatic carbocycles. The van der Waals surface area contributed by atoms with Crippen LogP contribution in [0.4, 0.5) is 5.82 Å². The van der Waals surface area contributed by atoms with Gasteiger partial charge in [0.05, 0.1) is 5.56 Å². The van der Waals surface area contributed by atoms with Crippen LogP contribution in [-0.4, -0.2) is 46.3 Å². The van der Waals surface area contributed by atoms with E-state index >= 15 is 0 Å². The van der Waals surface area contributed by atoms with Crippen LogP contribution in [0.15, 0.2) is 47.4 Å². The van der Waals surface area contributed by atoms with Gasteiger partial charge in [-0.15, -0.1) is 0 Å². The Labute approximate surface area is 133 Å². The highest BCUT2D eigenvalue weighted by Crippen LogP contribution is 2.29. The maximum atomic E-state index is 5.47. The summed E-state index contributed by atoms with van der Waals surface area (Å²) in [5, 5.41) is 7.41. The SMILES string of the molecule is c1cncc(-c2noc(-c3cccnc3N3CCNCC3)n2)c1. The molecular formula is C16H16N6O. The zero-order valence-corrected chi connectivity index (χ0v) is 12.5. The van der Waals surface area contributed by atoms with Crippen LogP contribution >= 0.6 is 0 Å². The molecule has 0 unspecified atom stereocenters. The molecule has 7 heteroatoms. The first-order chi connectivity index (χ1) is 11.4. The van der Waals surface area contributed by atoms with Crippen LogP contribution in [-0.2, 0) is 0 Å². The van der Waals surface area contributed by atoms with Gasteiger partial charge in [0.2, 0.25) is 5.82 Å². The van der Waals surface area contributed by atoms with Crippen molar-refractivity contribution in [3.8, 4) is 22.8 Å². The van der Waals surface area contributed by atoms with Gasteiger partial charge in [0.15, 0.2) is 0 Å². The van der Waals surface area contributed by atoms with E-state index in [0.29, 0.717) is 11.7 Å². The number of pyridine rings is 2. The van der Waals surface area contributed by atoms with Crippen molar-refractivity contribution >= 4 is 5.82 Å². The predicted octanol–water partition coefficient (Wildman–Crippen LogP) is 1.60. The molecule has 0 amide bonds. The number of nitrogens with one attached hydrogen (secondary N) is 1. The molecule has 0 spiro atoms. The minimum Gasteiger partial charge on any atom is -0.353 e. The molecule has 1 aliphatic rings. The quantitative estimate of drug-likeness (QED) is 0.787. The third-order valence-corrected chi connectivity index (χ3v) is 3.78. The van der Waals surface area contributed by atoms with Crippen molar-refractivity contribution in [2.24, 2.45) is 0 Å². The molecule has 3 aromatic rings. The Morgan fingerprint density at radius 1 is 1.09 bits per heavy atom. The minimum absolute atomic E-state index is 0.477. The monoisotopic (exact) mass is 308 g/mol. The maximum Gasteiger partial charge on any atom is 0.262 e. The van der Waals surface area contributed by atoms with Crippen molar-refractivity contribution < 1.29 is 4.52 Å². The molecule has 7 nitrogen and oxygen atoms in total. The van der Waals surface area contributed by atoms with E-state index in [1.165, 1.54) is 0 Å². The van der Waals surface area contributed by atoms with Crippen LogP contribution in [0.2, 0.25) is 0 Å². The van der Waals surface area contributed by atoms with Crippen LogP contribution in [0.5, 0.6) is 0 Å². The van der Waals surface area contributed by atoms with Gasteiger partial charge in [0, 0.05) is 50.3 Å². The molecule has 4 heterocycles. The average molecular weight is 308 g/mol. The molecule has 4 rings (SSSR count). The van der Waals surface area contributed by atoms with Crippen LogP contribution in [0, 0.1) is 0 Å². The summed E-state index contributed by atoms with van der Waals surface area (Å²) in [6.07, 6.45) is 5.22. The lowest BCUT2D eigenvalue weighted by Crippen LogP contribution is -2.44. The highest BCUT2D eigenvalue weighted by atomic mass is 16.5. The summed E-state index contributed by atoms with van der Waals surface area (Å²) in [7, 11) is 0. The number of aromatic nitrogens is 4. The minimum atomic E-state index is 0.477. The van der Waals surface area contributed by atoms with Crippen molar-refractivity contribution in [1.29, 1.82) is 0 Å². The van der Waals surface area contributed by atoms with Crippen molar-refractivity contribution in [2.75, 3.05) is 31.1 Å². The topological polar surface area (TPSA) is 80.0 Å². The zero-order valence-electron chi connectivity index (χ0n) is 12.5. The summed E-state index contributed by atoms with van der Waals surface area (Å²) >= 11 is 0. The van der Waals surface area contributed by atoms with Crippen LogP contribution in [0.3, 0.4) is 0 Å². The second-order valence-electron chi connectivity index (χ2n) is 5.28. The maximum absolute atomic E-state index is 5.47. The molecule has 116 valence electrons. The molecule has 1 fully saturated rings. The summed E-state index contributed by atoms with van der Waals surface area (Å²) < 4.78 is 5.47. The van der Waals surface area contributed by atoms with Crippen LogP contribution in [0.25, 0.3) is 22.8 Å². The standard InChI is InChI=1S/C16H16N6O/c1-3-12(11-18-5-1)14-20-16(23-21-14)13-4-2-6-19-15(13)22-9-7-17-8-10-22/h1-6,11,17H,7-10H2. The summed E-state index contributed by atoms with van der Waals surface area (Å²) in [5.41, 5.74) is 1.69. The van der Waals surface area contributed by atoms with Crippen molar-refractivity contribution in [2.45, 2.75) is 0 Å². The van der Waals surface area contributed by atoms with E-state index < -0.39 is 0 Å². The second-order valence-corrected chi connectivity index (χ2v) is 5.28. The Morgan fingerprint density at radius 2 is 1.96 bits per heavy atom. The fourth-order valence-electron chi connectivity index (χ4n) is 2.64. The number of piperazine rings is 1. The normalized spacial score (nSPS) is 14.9. The Kier molecular flexibility index (Phi) is 3.69. The van der Waals surface area contributed by atoms with Crippen molar-refractivity contribution in [3.05, 3.63) is 42.9 Å². The third kappa shape index (κ3) is 2.78. The van der Waals surface area contributed by atoms with Crippen LogP contribution in [0.1, 0.15) is 0 Å². The van der Waals surface area contributed by atoms with E-state index in [0.717, 1.165) is 43.1 Å². The fourth-order valence-corrected chi connectivity index (χ4v) is 2.64. The summed E-state index contributed by atoms with van der Waals surface area (Å²) in [6.45, 7) is 3.71. The number of nitrogens with zero attached hydrogens (tertiary/aromatic N) is 5. The predicted molar refractivity (Wildman–Crippen MR) is 85.8 cm³/mol. The van der Waals surface area contributed by atoms with Gasteiger partial charge in [0.25, 0.3) is 5.89 Å². The number of anilines is 1. The first-order valence-electron chi connectivity index (χ1n) is 7.57. The lowest BCUT2D eigenvalue weighted by atomic mass is 10.2. The van der Waals surface area contributed by atoms with E-state index in [1.54, 1.807) is 18.6 Å². The Hall–Kier alpha value is -2.80. The Bertz CT molecular complexity index is 782. The number of hydrogen-bond donors (Lipinski definition) is 1. The molecule has 0 radical (unpaired) electrons. The van der Waals surface area contributed by atoms with Crippen LogP contribution < -0.4 is 10.2 Å². The van der Waals surface area contributed by atoms with Gasteiger partial charge in [-0.2, -0.15) is 4.98 Å². The molecule has 23 heavy (non-hydrogen) atoms. The Morgan fingerprint density at radius 3 is 2.78 bits per heavy atom. The smallest absolute Gasteiger partial charge is 0.262 e. The fraction of sp³-hybridized carbons (Fsp3) is 0.250. The van der Waals surface area contributed by atoms with Gasteiger partial charge in [-0.3, -0.25) is 4.98 Å². The van der Waals surface area contributed by atoms with Gasteiger partial charge < -0.3 is 14.7 Å². The van der Waals surface area contributed by atoms with Gasteiger partial charge in [-0.1, -0.05) is 5.16 Å². The molecule has 1 aliphatic heterocycles. The number of hydrogen-bond acceptors (Lipinski definition) is 7. The van der Waals surface area contributed by atoms with Gasteiger partial charge in [-0.05, 0) is 24.3 Å². The zero-order chi connectivity index (χ0) is 15.5. The van der Waals surface area contributed by atoms with Gasteiger partial charge in [0.1, 0.15) is 5.82 Å². The molecule has 0 saturated carbocycles. The summed E-state index contributed by atoms with van der Waals surface area (Å²) in [6, 6.07) is 7.60. The molecule has 0 atom stereocenters. The van der Waals surface area contributed by atoms with E-state index in [2.05, 4.69) is 30.3 Å². The third-order valence-electron chi connectivity index (χ3n) is 3.78. The van der Waals surface area contributed by atoms with Gasteiger partial charge in [-0.25, -0.2) is 4.98 Å². The molecule has 0 bridgehead atoms. The molecule has 0 aliphatic carbocycles. The van der Waals surface area contributed by atoms with Crippen molar-refractivity contribution in [1.82, 2.24) is 25.4 Å². The average Bonchev–Trinajstić information content (AvgIpc) is 3.13. The molecule has 1 saturated heterocycles. The molecule has 3 aromatic heterocycles. The highest BCUT2D eigenvalue weighted by molar-refractivity contribution is 5.71. The van der Waals surface area contributed by atoms with E-state index in [1.807, 2.05) is 24.3 Å². The highest BCUT2D eigenvalue weighted by Gasteiger charge is 2.20. The first kappa shape index (κ1) is 13.8. The largest absolute Gasteiger partial charge is 0.353 e. The van der Waals surface area contributed by atoms with E-state index in [9.17, 15) is 0 Å². The second kappa shape index (κ2) is 6.13. The number of rotatable bonds is 3. The van der Waals surface area contributed by atoms with Crippen molar-refractivity contribution in [3.63, 3.8) is 0 Å².